The van der Waals surface area contributed by atoms with Crippen LogP contribution in [0.5, 0.6) is 0 Å². The number of nitrogens with one attached hydrogen (secondary N) is 6. The monoisotopic (exact) mass is 672 g/mol. The van der Waals surface area contributed by atoms with Crippen LogP contribution in [0.15, 0.2) is 0 Å². The van der Waals surface area contributed by atoms with Gasteiger partial charge in [-0.25, -0.2) is 8.42 Å². The average molecular weight is 673 g/mol. The van der Waals surface area contributed by atoms with Gasteiger partial charge in [-0.2, -0.15) is 0 Å². The first-order chi connectivity index (χ1) is 22.2. The highest BCUT2D eigenvalue weighted by Crippen LogP contribution is 2.11. The number of piperidine rings is 1. The van der Waals surface area contributed by atoms with Crippen molar-refractivity contribution in [1.29, 1.82) is 0 Å². The predicted molar refractivity (Wildman–Crippen MR) is 180 cm³/mol. The maximum atomic E-state index is 10.6. The number of hydrogen-bond donors (Lipinski definition) is 6. The maximum absolute atomic E-state index is 10.6. The molecule has 6 saturated heterocycles. The van der Waals surface area contributed by atoms with Crippen LogP contribution in [-0.4, -0.2) is 108 Å². The van der Waals surface area contributed by atoms with Crippen molar-refractivity contribution in [1.82, 2.24) is 31.9 Å². The molecule has 0 aromatic carbocycles. The van der Waals surface area contributed by atoms with Crippen molar-refractivity contribution in [3.63, 3.8) is 0 Å². The molecule has 14 heteroatoms. The quantitative estimate of drug-likeness (QED) is 0.216. The van der Waals surface area contributed by atoms with E-state index in [4.69, 9.17) is 0 Å². The van der Waals surface area contributed by atoms with Crippen LogP contribution in [0.3, 0.4) is 0 Å². The maximum Gasteiger partial charge on any atom is 0.234 e. The van der Waals surface area contributed by atoms with Crippen LogP contribution in [-0.2, 0) is 33.8 Å². The number of hydrogen-bond acceptors (Lipinski definition) is 10. The highest BCUT2D eigenvalue weighted by atomic mass is 32.2. The molecule has 0 aromatic heterocycles. The fourth-order valence-electron chi connectivity index (χ4n) is 4.89. The van der Waals surface area contributed by atoms with Crippen LogP contribution in [0.4, 0.5) is 0 Å². The molecule has 0 aromatic rings. The zero-order valence-electron chi connectivity index (χ0n) is 27.9. The van der Waals surface area contributed by atoms with E-state index in [1.165, 1.54) is 32.4 Å². The standard InChI is InChI=1S/C6H11NO.C5H11N.C5H8O.C4H8N2O.2C4H7NO.C4H8O2S/c8-6-2-1-4-7-5-3-6;1-2-4-6-5-3-1;6-5-3-1-2-4-5;7-4-3-5-1-2-6-4;2*6-4-2-1-3-5-4;5-7(6)3-1-2-4-7/h7H,1-5H2;6H,1-5H2;1-4H2;5H,1-3H2,(H,6,7);2*1-3H2,(H,5,6);1-4H2. The minimum Gasteiger partial charge on any atom is -0.356 e. The molecule has 3 amide bonds. The number of amides is 3. The Morgan fingerprint density at radius 2 is 0.848 bits per heavy atom. The third kappa shape index (κ3) is 26.8. The van der Waals surface area contributed by atoms with Crippen molar-refractivity contribution in [2.45, 2.75) is 103 Å². The lowest BCUT2D eigenvalue weighted by atomic mass is 10.2. The van der Waals surface area contributed by atoms with E-state index in [9.17, 15) is 32.4 Å². The minimum absolute atomic E-state index is 0.103. The zero-order valence-corrected chi connectivity index (χ0v) is 28.7. The van der Waals surface area contributed by atoms with Gasteiger partial charge in [-0.3, -0.25) is 24.0 Å². The first-order valence-corrected chi connectivity index (χ1v) is 19.2. The van der Waals surface area contributed by atoms with Gasteiger partial charge in [0, 0.05) is 71.2 Å². The van der Waals surface area contributed by atoms with Gasteiger partial charge in [-0.15, -0.1) is 0 Å². The summed E-state index contributed by atoms with van der Waals surface area (Å²) in [6, 6.07) is 0. The normalized spacial score (nSPS) is 23.0. The molecule has 6 N–H and O–H groups in total. The Labute approximate surface area is 276 Å². The summed E-state index contributed by atoms with van der Waals surface area (Å²) in [5.74, 6) is 2.22. The molecule has 1 saturated carbocycles. The van der Waals surface area contributed by atoms with Crippen LogP contribution in [0.2, 0.25) is 0 Å². The third-order valence-electron chi connectivity index (χ3n) is 7.63. The molecule has 1 aliphatic carbocycles. The smallest absolute Gasteiger partial charge is 0.234 e. The van der Waals surface area contributed by atoms with Gasteiger partial charge in [0.25, 0.3) is 0 Å². The van der Waals surface area contributed by atoms with E-state index in [0.29, 0.717) is 29.6 Å². The largest absolute Gasteiger partial charge is 0.356 e. The van der Waals surface area contributed by atoms with Crippen molar-refractivity contribution in [2.75, 3.05) is 70.4 Å². The molecule has 7 aliphatic rings. The van der Waals surface area contributed by atoms with Crippen molar-refractivity contribution in [3.8, 4) is 0 Å². The van der Waals surface area contributed by atoms with Crippen LogP contribution in [0.25, 0.3) is 0 Å². The van der Waals surface area contributed by atoms with Crippen LogP contribution in [0.1, 0.15) is 103 Å². The Morgan fingerprint density at radius 1 is 0.370 bits per heavy atom. The summed E-state index contributed by atoms with van der Waals surface area (Å²) >= 11 is 0. The summed E-state index contributed by atoms with van der Waals surface area (Å²) in [5, 5.41) is 17.4. The summed E-state index contributed by atoms with van der Waals surface area (Å²) in [6.07, 6.45) is 16.0. The molecule has 46 heavy (non-hydrogen) atoms. The van der Waals surface area contributed by atoms with Crippen LogP contribution in [0, 0.1) is 0 Å². The molecule has 0 radical (unpaired) electrons. The van der Waals surface area contributed by atoms with Crippen molar-refractivity contribution in [3.05, 3.63) is 0 Å². The van der Waals surface area contributed by atoms with Gasteiger partial charge < -0.3 is 31.9 Å². The van der Waals surface area contributed by atoms with E-state index < -0.39 is 9.84 Å². The molecule has 13 nitrogen and oxygen atoms in total. The number of carbonyl (C=O) groups is 5. The van der Waals surface area contributed by atoms with Gasteiger partial charge in [-0.05, 0) is 77.4 Å². The molecule has 0 unspecified atom stereocenters. The van der Waals surface area contributed by atoms with Gasteiger partial charge in [0.15, 0.2) is 0 Å². The Morgan fingerprint density at radius 3 is 1.13 bits per heavy atom. The van der Waals surface area contributed by atoms with Crippen LogP contribution < -0.4 is 31.9 Å². The number of ketones is 2. The van der Waals surface area contributed by atoms with Gasteiger partial charge in [0.2, 0.25) is 17.7 Å². The highest BCUT2D eigenvalue weighted by Gasteiger charge is 2.16. The first-order valence-electron chi connectivity index (χ1n) is 17.3. The fraction of sp³-hybridized carbons (Fsp3) is 0.844. The summed E-state index contributed by atoms with van der Waals surface area (Å²) < 4.78 is 20.9. The topological polar surface area (TPSA) is 192 Å². The first kappa shape index (κ1) is 41.6. The predicted octanol–water partition coefficient (Wildman–Crippen LogP) is 0.912. The minimum atomic E-state index is -2.55. The van der Waals surface area contributed by atoms with E-state index in [1.54, 1.807) is 0 Å². The molecule has 0 bridgehead atoms. The van der Waals surface area contributed by atoms with Gasteiger partial charge in [0.1, 0.15) is 21.4 Å². The fourth-order valence-corrected chi connectivity index (χ4v) is 6.38. The molecular weight excluding hydrogens is 612 g/mol. The lowest BCUT2D eigenvalue weighted by Crippen LogP contribution is -2.44. The SMILES string of the molecule is C1CCNCC1.O=C1CCCC1.O=C1CCCN1.O=C1CCCN1.O=C1CCCNCC1.O=C1CNCCN1.O=S1(=O)CCCC1. The van der Waals surface area contributed by atoms with Crippen molar-refractivity contribution >= 4 is 39.1 Å². The van der Waals surface area contributed by atoms with Crippen molar-refractivity contribution in [2.24, 2.45) is 0 Å². The molecule has 7 rings (SSSR count). The summed E-state index contributed by atoms with van der Waals surface area (Å²) in [6.45, 7) is 8.35. The average Bonchev–Trinajstić information content (AvgIpc) is 3.89. The lowest BCUT2D eigenvalue weighted by Gasteiger charge is -2.11. The number of piperazine rings is 1. The Hall–Kier alpha value is -2.42. The Balaban J connectivity index is 0.000000269. The summed E-state index contributed by atoms with van der Waals surface area (Å²) in [5.41, 5.74) is 0. The number of carbonyl (C=O) groups excluding carboxylic acids is 5. The summed E-state index contributed by atoms with van der Waals surface area (Å²) in [7, 11) is -2.55. The van der Waals surface area contributed by atoms with E-state index in [-0.39, 0.29) is 17.7 Å². The molecular formula is C32H60N6O7S. The third-order valence-corrected chi connectivity index (χ3v) is 9.46. The Bertz CT molecular complexity index is 876. The molecule has 6 heterocycles. The molecule has 0 spiro atoms. The van der Waals surface area contributed by atoms with Gasteiger partial charge in [0.05, 0.1) is 18.1 Å². The van der Waals surface area contributed by atoms with Crippen molar-refractivity contribution < 1.29 is 32.4 Å². The second-order valence-corrected chi connectivity index (χ2v) is 14.3. The highest BCUT2D eigenvalue weighted by molar-refractivity contribution is 7.91. The van der Waals surface area contributed by atoms with E-state index in [1.807, 2.05) is 0 Å². The number of rotatable bonds is 0. The number of sulfone groups is 1. The lowest BCUT2D eigenvalue weighted by molar-refractivity contribution is -0.121. The zero-order chi connectivity index (χ0) is 33.7. The van der Waals surface area contributed by atoms with E-state index >= 15 is 0 Å². The van der Waals surface area contributed by atoms with E-state index in [2.05, 4.69) is 31.9 Å². The van der Waals surface area contributed by atoms with E-state index in [0.717, 1.165) is 123 Å². The van der Waals surface area contributed by atoms with Gasteiger partial charge >= 0.3 is 0 Å². The van der Waals surface area contributed by atoms with Crippen LogP contribution >= 0.6 is 0 Å². The van der Waals surface area contributed by atoms with Gasteiger partial charge in [-0.1, -0.05) is 6.42 Å². The second kappa shape index (κ2) is 27.7. The summed E-state index contributed by atoms with van der Waals surface area (Å²) in [4.78, 5) is 51.4. The molecule has 0 atom stereocenters. The molecule has 6 aliphatic heterocycles. The second-order valence-electron chi connectivity index (χ2n) is 12.0. The number of Topliss-reactive ketones (excluding diaryl/α,β-unsaturated/α-hetero) is 2. The molecule has 266 valence electrons. The Kier molecular flexibility index (Phi) is 25.0. The molecule has 7 fully saturated rings.